The van der Waals surface area contributed by atoms with E-state index in [0.717, 1.165) is 22.0 Å². The van der Waals surface area contributed by atoms with Gasteiger partial charge in [0.05, 0.1) is 12.6 Å². The van der Waals surface area contributed by atoms with E-state index in [-0.39, 0.29) is 5.97 Å². The van der Waals surface area contributed by atoms with E-state index in [1.807, 2.05) is 26.0 Å². The predicted molar refractivity (Wildman–Crippen MR) is 56.9 cm³/mol. The summed E-state index contributed by atoms with van der Waals surface area (Å²) in [5.74, 6) is -0.387. The molecule has 4 heteroatoms. The van der Waals surface area contributed by atoms with Crippen molar-refractivity contribution in [1.82, 2.24) is 10.2 Å². The average molecular weight is 204 g/mol. The largest absolute Gasteiger partial charge is 0.464 e. The molecule has 0 saturated carbocycles. The van der Waals surface area contributed by atoms with E-state index in [0.29, 0.717) is 5.69 Å². The molecule has 1 N–H and O–H groups in total. The third-order valence-corrected chi connectivity index (χ3v) is 2.38. The van der Waals surface area contributed by atoms with Crippen LogP contribution in [0, 0.1) is 13.8 Å². The molecule has 1 heterocycles. The summed E-state index contributed by atoms with van der Waals surface area (Å²) >= 11 is 0. The van der Waals surface area contributed by atoms with Crippen molar-refractivity contribution in [1.29, 1.82) is 0 Å². The van der Waals surface area contributed by atoms with Crippen molar-refractivity contribution < 1.29 is 9.53 Å². The Morgan fingerprint density at radius 1 is 1.40 bits per heavy atom. The quantitative estimate of drug-likeness (QED) is 0.722. The van der Waals surface area contributed by atoms with Gasteiger partial charge >= 0.3 is 5.97 Å². The lowest BCUT2D eigenvalue weighted by Gasteiger charge is -1.99. The zero-order valence-corrected chi connectivity index (χ0v) is 8.92. The van der Waals surface area contributed by atoms with E-state index >= 15 is 0 Å². The predicted octanol–water partition coefficient (Wildman–Crippen LogP) is 1.97. The van der Waals surface area contributed by atoms with Crippen LogP contribution in [0.5, 0.6) is 0 Å². The van der Waals surface area contributed by atoms with Gasteiger partial charge in [-0.1, -0.05) is 11.6 Å². The number of rotatable bonds is 1. The summed E-state index contributed by atoms with van der Waals surface area (Å²) < 4.78 is 4.67. The highest BCUT2D eigenvalue weighted by atomic mass is 16.5. The van der Waals surface area contributed by atoms with Crippen LogP contribution in [-0.2, 0) is 4.74 Å². The SMILES string of the molecule is COC(=O)c1[nH]nc2c(C)cc(C)cc12. The van der Waals surface area contributed by atoms with Crippen LogP contribution in [0.4, 0.5) is 0 Å². The number of ether oxygens (including phenoxy) is 1. The average Bonchev–Trinajstić information content (AvgIpc) is 2.60. The van der Waals surface area contributed by atoms with Crippen LogP contribution in [0.15, 0.2) is 12.1 Å². The number of aromatic nitrogens is 2. The van der Waals surface area contributed by atoms with Crippen molar-refractivity contribution in [3.63, 3.8) is 0 Å². The van der Waals surface area contributed by atoms with Crippen LogP contribution >= 0.6 is 0 Å². The molecule has 0 atom stereocenters. The Kier molecular flexibility index (Phi) is 2.19. The molecule has 0 saturated heterocycles. The maximum Gasteiger partial charge on any atom is 0.356 e. The van der Waals surface area contributed by atoms with Gasteiger partial charge in [0, 0.05) is 5.39 Å². The number of esters is 1. The molecular formula is C11H12N2O2. The second-order valence-corrected chi connectivity index (χ2v) is 3.57. The number of hydrogen-bond acceptors (Lipinski definition) is 3. The number of H-pyrrole nitrogens is 1. The summed E-state index contributed by atoms with van der Waals surface area (Å²) in [5.41, 5.74) is 3.39. The molecule has 0 aliphatic heterocycles. The molecule has 0 unspecified atom stereocenters. The number of benzene rings is 1. The van der Waals surface area contributed by atoms with Gasteiger partial charge in [-0.25, -0.2) is 4.79 Å². The monoisotopic (exact) mass is 204 g/mol. The van der Waals surface area contributed by atoms with Gasteiger partial charge in [-0.2, -0.15) is 5.10 Å². The number of carbonyl (C=O) groups is 1. The number of hydrogen-bond donors (Lipinski definition) is 1. The molecule has 1 aromatic heterocycles. The Bertz CT molecular complexity index is 529. The van der Waals surface area contributed by atoms with Gasteiger partial charge < -0.3 is 4.74 Å². The van der Waals surface area contributed by atoms with Crippen LogP contribution in [0.2, 0.25) is 0 Å². The number of carbonyl (C=O) groups excluding carboxylic acids is 1. The lowest BCUT2D eigenvalue weighted by atomic mass is 10.1. The third kappa shape index (κ3) is 1.48. The van der Waals surface area contributed by atoms with Crippen molar-refractivity contribution in [3.05, 3.63) is 29.0 Å². The van der Waals surface area contributed by atoms with E-state index in [1.165, 1.54) is 7.11 Å². The van der Waals surface area contributed by atoms with Gasteiger partial charge in [0.2, 0.25) is 0 Å². The van der Waals surface area contributed by atoms with Crippen molar-refractivity contribution in [2.75, 3.05) is 7.11 Å². The first-order chi connectivity index (χ1) is 7.13. The smallest absolute Gasteiger partial charge is 0.356 e. The van der Waals surface area contributed by atoms with E-state index in [4.69, 9.17) is 0 Å². The first-order valence-corrected chi connectivity index (χ1v) is 4.67. The molecule has 78 valence electrons. The molecule has 15 heavy (non-hydrogen) atoms. The first kappa shape index (κ1) is 9.71. The Morgan fingerprint density at radius 2 is 2.13 bits per heavy atom. The highest BCUT2D eigenvalue weighted by Gasteiger charge is 2.14. The lowest BCUT2D eigenvalue weighted by molar-refractivity contribution is 0.0596. The summed E-state index contributed by atoms with van der Waals surface area (Å²) in [6, 6.07) is 3.96. The van der Waals surface area contributed by atoms with Crippen molar-refractivity contribution in [3.8, 4) is 0 Å². The van der Waals surface area contributed by atoms with E-state index in [1.54, 1.807) is 0 Å². The number of methoxy groups -OCH3 is 1. The summed E-state index contributed by atoms with van der Waals surface area (Å²) in [4.78, 5) is 11.4. The lowest BCUT2D eigenvalue weighted by Crippen LogP contribution is -2.01. The van der Waals surface area contributed by atoms with Gasteiger partial charge in [0.1, 0.15) is 0 Å². The standard InChI is InChI=1S/C11H12N2O2/c1-6-4-7(2)9-8(5-6)10(13-12-9)11(14)15-3/h4-5H,1-3H3,(H,12,13). The summed E-state index contributed by atoms with van der Waals surface area (Å²) in [6.45, 7) is 3.96. The van der Waals surface area contributed by atoms with Crippen LogP contribution in [-0.4, -0.2) is 23.3 Å². The molecule has 0 aliphatic rings. The van der Waals surface area contributed by atoms with Gasteiger partial charge in [-0.3, -0.25) is 5.10 Å². The van der Waals surface area contributed by atoms with E-state index in [9.17, 15) is 4.79 Å². The maximum atomic E-state index is 11.4. The molecule has 1 aromatic carbocycles. The van der Waals surface area contributed by atoms with Crippen LogP contribution < -0.4 is 0 Å². The second kappa shape index (κ2) is 3.38. The molecule has 0 radical (unpaired) electrons. The van der Waals surface area contributed by atoms with Crippen molar-refractivity contribution in [2.24, 2.45) is 0 Å². The van der Waals surface area contributed by atoms with Crippen LogP contribution in [0.1, 0.15) is 21.6 Å². The van der Waals surface area contributed by atoms with E-state index < -0.39 is 0 Å². The highest BCUT2D eigenvalue weighted by Crippen LogP contribution is 2.21. The highest BCUT2D eigenvalue weighted by molar-refractivity contribution is 6.02. The molecule has 2 aromatic rings. The van der Waals surface area contributed by atoms with Gasteiger partial charge in [-0.05, 0) is 25.5 Å². The van der Waals surface area contributed by atoms with Crippen LogP contribution in [0.3, 0.4) is 0 Å². The number of aryl methyl sites for hydroxylation is 2. The van der Waals surface area contributed by atoms with Crippen molar-refractivity contribution in [2.45, 2.75) is 13.8 Å². The molecule has 4 nitrogen and oxygen atoms in total. The minimum atomic E-state index is -0.387. The molecule has 0 amide bonds. The molecule has 0 bridgehead atoms. The Balaban J connectivity index is 2.74. The van der Waals surface area contributed by atoms with Crippen molar-refractivity contribution >= 4 is 16.9 Å². The number of aromatic amines is 1. The summed E-state index contributed by atoms with van der Waals surface area (Å²) in [5, 5.41) is 7.63. The second-order valence-electron chi connectivity index (χ2n) is 3.57. The molecule has 0 aliphatic carbocycles. The molecular weight excluding hydrogens is 192 g/mol. The number of nitrogens with one attached hydrogen (secondary N) is 1. The summed E-state index contributed by atoms with van der Waals surface area (Å²) in [6.07, 6.45) is 0. The fourth-order valence-electron chi connectivity index (χ4n) is 1.73. The minimum Gasteiger partial charge on any atom is -0.464 e. The van der Waals surface area contributed by atoms with Gasteiger partial charge in [-0.15, -0.1) is 0 Å². The maximum absolute atomic E-state index is 11.4. The Morgan fingerprint density at radius 3 is 2.80 bits per heavy atom. The van der Waals surface area contributed by atoms with E-state index in [2.05, 4.69) is 14.9 Å². The first-order valence-electron chi connectivity index (χ1n) is 4.67. The topological polar surface area (TPSA) is 55.0 Å². The van der Waals surface area contributed by atoms with Crippen LogP contribution in [0.25, 0.3) is 10.9 Å². The Hall–Kier alpha value is -1.84. The number of fused-ring (bicyclic) bond motifs is 1. The molecule has 0 spiro atoms. The minimum absolute atomic E-state index is 0.387. The zero-order valence-electron chi connectivity index (χ0n) is 8.92. The molecule has 0 fully saturated rings. The summed E-state index contributed by atoms with van der Waals surface area (Å²) in [7, 11) is 1.36. The fourth-order valence-corrected chi connectivity index (χ4v) is 1.73. The third-order valence-electron chi connectivity index (χ3n) is 2.38. The number of nitrogens with zero attached hydrogens (tertiary/aromatic N) is 1. The van der Waals surface area contributed by atoms with Gasteiger partial charge in [0.15, 0.2) is 5.69 Å². The molecule has 2 rings (SSSR count). The van der Waals surface area contributed by atoms with Gasteiger partial charge in [0.25, 0.3) is 0 Å². The zero-order chi connectivity index (χ0) is 11.0. The fraction of sp³-hybridized carbons (Fsp3) is 0.273. The normalized spacial score (nSPS) is 10.6. The Labute approximate surface area is 87.2 Å².